The summed E-state index contributed by atoms with van der Waals surface area (Å²) in [6, 6.07) is 32.9. The first-order valence-electron chi connectivity index (χ1n) is 33.5. The maximum atomic E-state index is 13.4. The number of benzene rings is 6. The molecule has 23 nitrogen and oxygen atoms in total. The number of ether oxygens (including phenoxy) is 3. The second-order valence-electron chi connectivity index (χ2n) is 26.2. The van der Waals surface area contributed by atoms with Crippen LogP contribution in [0.3, 0.4) is 0 Å². The van der Waals surface area contributed by atoms with E-state index >= 15 is 0 Å². The van der Waals surface area contributed by atoms with Gasteiger partial charge in [-0.2, -0.15) is 15.3 Å². The van der Waals surface area contributed by atoms with Crippen LogP contribution in [0.2, 0.25) is 45.2 Å². The first-order valence-corrected chi connectivity index (χ1v) is 37.3. The van der Waals surface area contributed by atoms with Gasteiger partial charge in [0.15, 0.2) is 17.1 Å². The number of amides is 4. The van der Waals surface area contributed by atoms with Crippen molar-refractivity contribution >= 4 is 163 Å². The summed E-state index contributed by atoms with van der Waals surface area (Å²) in [5.41, 5.74) is 8.45. The summed E-state index contributed by atoms with van der Waals surface area (Å²) in [6.45, 7) is 23.7. The number of carbonyl (C=O) groups is 8. The van der Waals surface area contributed by atoms with Crippen LogP contribution in [-0.2, 0) is 28.6 Å². The summed E-state index contributed by atoms with van der Waals surface area (Å²) in [5, 5.41) is 43.9. The van der Waals surface area contributed by atoms with Crippen LogP contribution in [0, 0.1) is 50.4 Å². The molecule has 0 saturated carbocycles. The molecule has 0 bridgehead atoms. The summed E-state index contributed by atoms with van der Waals surface area (Å²) in [5.74, 6) is -5.08. The molecule has 1 unspecified atom stereocenters. The highest BCUT2D eigenvalue weighted by Crippen LogP contribution is 2.38. The van der Waals surface area contributed by atoms with Crippen molar-refractivity contribution in [3.63, 3.8) is 0 Å². The van der Waals surface area contributed by atoms with Crippen molar-refractivity contribution in [2.45, 2.75) is 116 Å². The van der Waals surface area contributed by atoms with Gasteiger partial charge in [-0.25, -0.2) is 38.7 Å². The predicted molar refractivity (Wildman–Crippen MR) is 433 cm³/mol. The minimum absolute atomic E-state index is 0. The molecule has 6 N–H and O–H groups in total. The average Bonchev–Trinajstić information content (AvgIpc) is 1.63. The Balaban J connectivity index is 0.000000281. The lowest BCUT2D eigenvalue weighted by Crippen LogP contribution is -2.49. The summed E-state index contributed by atoms with van der Waals surface area (Å²) >= 11 is 60.5. The Bertz CT molecular complexity index is 4760. The van der Waals surface area contributed by atoms with Gasteiger partial charge in [0.05, 0.1) is 62.4 Å². The third-order valence-electron chi connectivity index (χ3n) is 15.8. The van der Waals surface area contributed by atoms with E-state index in [0.29, 0.717) is 109 Å². The van der Waals surface area contributed by atoms with Crippen LogP contribution in [0.4, 0.5) is 9.59 Å². The number of nitrogens with zero attached hydrogens (tertiary/aromatic N) is 6. The fraction of sp³-hybridized carbons (Fsp3) is 0.312. The Morgan fingerprint density at radius 3 is 0.955 bits per heavy atom. The Morgan fingerprint density at radius 2 is 0.700 bits per heavy atom. The zero-order chi connectivity index (χ0) is 81.2. The fourth-order valence-corrected chi connectivity index (χ4v) is 12.3. The van der Waals surface area contributed by atoms with E-state index in [0.717, 1.165) is 16.7 Å². The van der Waals surface area contributed by atoms with Gasteiger partial charge in [-0.05, 0) is 141 Å². The van der Waals surface area contributed by atoms with Crippen LogP contribution in [0.5, 0.6) is 0 Å². The highest BCUT2D eigenvalue weighted by molar-refractivity contribution is 6.61. The van der Waals surface area contributed by atoms with Crippen molar-refractivity contribution in [3.05, 3.63) is 206 Å². The van der Waals surface area contributed by atoms with Gasteiger partial charge in [0.2, 0.25) is 0 Å². The summed E-state index contributed by atoms with van der Waals surface area (Å²) in [6.07, 6.45) is -1.12. The second-order valence-corrected chi connectivity index (χ2v) is 30.4. The van der Waals surface area contributed by atoms with E-state index in [9.17, 15) is 43.5 Å². The van der Waals surface area contributed by atoms with Crippen molar-refractivity contribution in [2.75, 3.05) is 13.2 Å². The molecule has 0 aliphatic rings. The lowest BCUT2D eigenvalue weighted by Gasteiger charge is -2.19. The van der Waals surface area contributed by atoms with E-state index in [1.807, 2.05) is 52.0 Å². The number of hydroxylamine groups is 1. The van der Waals surface area contributed by atoms with E-state index in [1.54, 1.807) is 180 Å². The fourth-order valence-electron chi connectivity index (χ4n) is 10.3. The molecule has 3 aromatic heterocycles. The molecule has 0 saturated heterocycles. The average molecular weight is 1710 g/mol. The van der Waals surface area contributed by atoms with Gasteiger partial charge in [0, 0.05) is 75.1 Å². The van der Waals surface area contributed by atoms with E-state index < -0.39 is 71.2 Å². The molecule has 0 aliphatic heterocycles. The molecule has 110 heavy (non-hydrogen) atoms. The number of aliphatic carboxylic acids is 1. The Morgan fingerprint density at radius 1 is 0.418 bits per heavy atom. The third kappa shape index (κ3) is 25.0. The van der Waals surface area contributed by atoms with Gasteiger partial charge >= 0.3 is 23.5 Å². The lowest BCUT2D eigenvalue weighted by molar-refractivity contribution is -0.143. The number of carbonyl (C=O) groups excluding carboxylic acids is 7. The van der Waals surface area contributed by atoms with Crippen LogP contribution in [-0.4, -0.2) is 118 Å². The maximum Gasteiger partial charge on any atom is 0.516 e. The topological polar surface area (TPSA) is 306 Å². The van der Waals surface area contributed by atoms with Crippen LogP contribution in [0.1, 0.15) is 125 Å². The SMILES string of the molecule is C.CC(C)COC(=O)Cl.Cc1c(C(=O)NC(C(=O)O)C(C)C)nn(-c2ccc(Cl)cc2Cl)c1-c1ccc(Cl)cc1.Cc1c(C(=O)N[C@@H](C(=O)NO)C(C)C)nn(-c2ccc(Cl)cc2Cl)c1-c1ccc(Cl)cc1.Cc1c(C(=O)N[C@@H](C(=O)OC(=O)OCC(C)C)C(C)C)nn(-c2ccc(Cl)cc2Cl)c1-c1ccc(Cl)cc1. The smallest absolute Gasteiger partial charge is 0.480 e. The molecule has 0 fully saturated rings. The number of hydrogen-bond donors (Lipinski definition) is 6. The van der Waals surface area contributed by atoms with Gasteiger partial charge in [-0.1, -0.05) is 217 Å². The molecular weight excluding hydrogens is 1630 g/mol. The van der Waals surface area contributed by atoms with Crippen molar-refractivity contribution in [1.82, 2.24) is 50.8 Å². The number of esters is 1. The van der Waals surface area contributed by atoms with E-state index in [-0.39, 0.29) is 48.9 Å². The highest BCUT2D eigenvalue weighted by atomic mass is 35.5. The molecule has 3 atom stereocenters. The predicted octanol–water partition coefficient (Wildman–Crippen LogP) is 20.3. The minimum atomic E-state index is -1.13. The first-order chi connectivity index (χ1) is 51.2. The molecular formula is C77H82Cl10N10O13. The summed E-state index contributed by atoms with van der Waals surface area (Å²) < 4.78 is 18.8. The number of carboxylic acids is 1. The number of carboxylic acid groups (broad SMARTS) is 1. The van der Waals surface area contributed by atoms with Gasteiger partial charge in [-0.3, -0.25) is 24.4 Å². The number of aromatic nitrogens is 6. The third-order valence-corrected chi connectivity index (χ3v) is 18.3. The molecule has 3 heterocycles. The quantitative estimate of drug-likeness (QED) is 0.0121. The number of halogens is 10. The molecule has 33 heteroatoms. The zero-order valence-electron chi connectivity index (χ0n) is 61.0. The number of hydrogen-bond acceptors (Lipinski definition) is 15. The van der Waals surface area contributed by atoms with Crippen molar-refractivity contribution < 1.29 is 62.9 Å². The normalized spacial score (nSPS) is 11.7. The molecule has 0 aliphatic carbocycles. The molecule has 9 rings (SSSR count). The molecule has 4 amide bonds. The molecule has 0 radical (unpaired) electrons. The van der Waals surface area contributed by atoms with Gasteiger partial charge in [-0.15, -0.1) is 0 Å². The maximum absolute atomic E-state index is 13.4. The van der Waals surface area contributed by atoms with Gasteiger partial charge in [0.1, 0.15) is 18.1 Å². The molecule has 588 valence electrons. The highest BCUT2D eigenvalue weighted by Gasteiger charge is 2.34. The van der Waals surface area contributed by atoms with E-state index in [1.165, 1.54) is 4.68 Å². The molecule has 6 aromatic carbocycles. The minimum Gasteiger partial charge on any atom is -0.480 e. The van der Waals surface area contributed by atoms with Crippen LogP contribution < -0.4 is 21.4 Å². The van der Waals surface area contributed by atoms with Crippen LogP contribution in [0.15, 0.2) is 127 Å². The summed E-state index contributed by atoms with van der Waals surface area (Å²) in [4.78, 5) is 97.5. The Kier molecular flexibility index (Phi) is 35.4. The second kappa shape index (κ2) is 42.3. The first kappa shape index (κ1) is 92.2. The lowest BCUT2D eigenvalue weighted by atomic mass is 10.0. The molecule has 9 aromatic rings. The van der Waals surface area contributed by atoms with Crippen molar-refractivity contribution in [1.29, 1.82) is 0 Å². The largest absolute Gasteiger partial charge is 0.516 e. The summed E-state index contributed by atoms with van der Waals surface area (Å²) in [7, 11) is 0. The van der Waals surface area contributed by atoms with Crippen LogP contribution >= 0.6 is 116 Å². The van der Waals surface area contributed by atoms with E-state index in [4.69, 9.17) is 131 Å². The van der Waals surface area contributed by atoms with E-state index in [2.05, 4.69) is 36.0 Å². The monoisotopic (exact) mass is 1700 g/mol. The van der Waals surface area contributed by atoms with Gasteiger partial charge in [0.25, 0.3) is 23.6 Å². The zero-order valence-corrected chi connectivity index (χ0v) is 68.6. The van der Waals surface area contributed by atoms with Crippen molar-refractivity contribution in [2.24, 2.45) is 29.6 Å². The van der Waals surface area contributed by atoms with Gasteiger partial charge < -0.3 is 35.3 Å². The van der Waals surface area contributed by atoms with Crippen molar-refractivity contribution in [3.8, 4) is 50.8 Å². The standard InChI is InChI=1S/C27H28Cl3N3O5.C22H21Cl3N4O3.C22H20Cl3N3O3.C5H9ClO2.CH4/c1-14(2)13-37-27(36)38-26(35)22(15(3)4)31-25(34)23-16(5)24(17-6-8-18(28)9-7-17)33(32-23)21-11-10-19(29)12-20(21)30;1-11(2)18(22(31)28-32)26-21(30)19-12(3)20(13-4-6-14(23)7-5-13)29(27-19)17-9-8-15(24)10-16(17)25;1-11(2)18(22(30)31)26-21(29)19-12(3)20(13-4-6-14(23)7-5-13)28(27-19)17-9-8-15(24)10-16(17)25;1-4(2)3-8-5(6)7;/h6-12,14-15,22H,13H2,1-5H3,(H,31,34);4-11,18,32H,1-3H3,(H,26,30)(H,28,31);4-11,18H,1-3H3,(H,26,29)(H,30,31);4H,3H2,1-2H3;1H4/t22-;18-;;;/m11.../s1. The number of rotatable bonds is 22. The Hall–Kier alpha value is -8.43. The Labute approximate surface area is 687 Å². The molecule has 0 spiro atoms. The van der Waals surface area contributed by atoms with Crippen LogP contribution in [0.25, 0.3) is 50.8 Å². The number of nitrogens with one attached hydrogen (secondary N) is 4.